The van der Waals surface area contributed by atoms with Gasteiger partial charge < -0.3 is 14.0 Å². The zero-order valence-electron chi connectivity index (χ0n) is 19.5. The van der Waals surface area contributed by atoms with Crippen LogP contribution in [0.15, 0.2) is 47.0 Å². The number of nitrogens with one attached hydrogen (secondary N) is 1. The van der Waals surface area contributed by atoms with Crippen LogP contribution >= 0.6 is 0 Å². The van der Waals surface area contributed by atoms with Crippen LogP contribution in [0.1, 0.15) is 87.7 Å². The van der Waals surface area contributed by atoms with Gasteiger partial charge in [0.25, 0.3) is 5.89 Å². The summed E-state index contributed by atoms with van der Waals surface area (Å²) in [5, 5.41) is 4.17. The standard InChI is InChI=1S/C27H34N3O3/c1-2-3-4-5-6-7-8-9-10-14-25-29-27(33-30-25)22-13-11-12-20(17-22)26(28)21-15-16-23-24(18-21)32-19-31-23/h11-13,15-18,26,28H,2-10,14,19H2,1H3. The van der Waals surface area contributed by atoms with Gasteiger partial charge in [-0.2, -0.15) is 4.98 Å². The van der Waals surface area contributed by atoms with Crippen molar-refractivity contribution in [3.63, 3.8) is 0 Å². The molecule has 0 fully saturated rings. The van der Waals surface area contributed by atoms with Gasteiger partial charge >= 0.3 is 0 Å². The Labute approximate surface area is 196 Å². The lowest BCUT2D eigenvalue weighted by Crippen LogP contribution is -2.02. The van der Waals surface area contributed by atoms with Gasteiger partial charge in [0.15, 0.2) is 17.3 Å². The van der Waals surface area contributed by atoms with Gasteiger partial charge in [0, 0.05) is 12.0 Å². The smallest absolute Gasteiger partial charge is 0.257 e. The maximum atomic E-state index is 8.71. The van der Waals surface area contributed by atoms with E-state index in [-0.39, 0.29) is 6.79 Å². The van der Waals surface area contributed by atoms with Crippen molar-refractivity contribution in [3.8, 4) is 23.0 Å². The van der Waals surface area contributed by atoms with Gasteiger partial charge in [0.05, 0.1) is 6.04 Å². The third-order valence-corrected chi connectivity index (χ3v) is 6.17. The SMILES string of the molecule is CCCCCCCCCCCc1noc(-c2cccc(C([NH])c3ccc4c(c3)OCO4)c2)n1. The van der Waals surface area contributed by atoms with E-state index in [1.807, 2.05) is 42.5 Å². The summed E-state index contributed by atoms with van der Waals surface area (Å²) in [5.41, 5.74) is 11.3. The van der Waals surface area contributed by atoms with Gasteiger partial charge in [-0.3, -0.25) is 0 Å². The van der Waals surface area contributed by atoms with Crippen molar-refractivity contribution in [1.82, 2.24) is 15.9 Å². The van der Waals surface area contributed by atoms with E-state index < -0.39 is 6.04 Å². The molecule has 0 saturated heterocycles. The number of rotatable bonds is 13. The Morgan fingerprint density at radius 1 is 0.848 bits per heavy atom. The highest BCUT2D eigenvalue weighted by Crippen LogP contribution is 2.36. The number of ether oxygens (including phenoxy) is 2. The number of aryl methyl sites for hydroxylation is 1. The molecule has 1 unspecified atom stereocenters. The lowest BCUT2D eigenvalue weighted by Gasteiger charge is -2.13. The molecule has 0 bridgehead atoms. The van der Waals surface area contributed by atoms with Crippen molar-refractivity contribution in [2.45, 2.75) is 77.2 Å². The molecular weight excluding hydrogens is 414 g/mol. The van der Waals surface area contributed by atoms with Crippen LogP contribution in [-0.4, -0.2) is 16.9 Å². The molecule has 175 valence electrons. The first kappa shape index (κ1) is 23.3. The molecule has 0 amide bonds. The molecular formula is C27H34N3O3. The van der Waals surface area contributed by atoms with Crippen LogP contribution in [-0.2, 0) is 6.42 Å². The Morgan fingerprint density at radius 3 is 2.39 bits per heavy atom. The van der Waals surface area contributed by atoms with E-state index in [9.17, 15) is 0 Å². The molecule has 3 aromatic rings. The predicted molar refractivity (Wildman–Crippen MR) is 128 cm³/mol. The van der Waals surface area contributed by atoms with Gasteiger partial charge in [0.1, 0.15) is 0 Å². The minimum absolute atomic E-state index is 0.232. The third kappa shape index (κ3) is 6.35. The Morgan fingerprint density at radius 2 is 1.58 bits per heavy atom. The second kappa shape index (κ2) is 11.8. The number of fused-ring (bicyclic) bond motifs is 1. The second-order valence-corrected chi connectivity index (χ2v) is 8.77. The maximum absolute atomic E-state index is 8.71. The molecule has 2 aromatic carbocycles. The highest BCUT2D eigenvalue weighted by molar-refractivity contribution is 5.55. The molecule has 0 aliphatic carbocycles. The zero-order valence-corrected chi connectivity index (χ0v) is 19.5. The quantitative estimate of drug-likeness (QED) is 0.265. The largest absolute Gasteiger partial charge is 0.454 e. The molecule has 0 saturated carbocycles. The van der Waals surface area contributed by atoms with Crippen molar-refractivity contribution in [1.29, 1.82) is 0 Å². The summed E-state index contributed by atoms with van der Waals surface area (Å²) < 4.78 is 16.4. The van der Waals surface area contributed by atoms with Crippen LogP contribution in [0.2, 0.25) is 0 Å². The number of hydrogen-bond donors (Lipinski definition) is 0. The van der Waals surface area contributed by atoms with Crippen LogP contribution < -0.4 is 15.2 Å². The van der Waals surface area contributed by atoms with Crippen molar-refractivity contribution < 1.29 is 14.0 Å². The summed E-state index contributed by atoms with van der Waals surface area (Å²) in [6.07, 6.45) is 12.5. The van der Waals surface area contributed by atoms with E-state index in [0.717, 1.165) is 41.1 Å². The van der Waals surface area contributed by atoms with Crippen LogP contribution in [0, 0.1) is 0 Å². The molecule has 1 N–H and O–H groups in total. The Hall–Kier alpha value is -2.86. The van der Waals surface area contributed by atoms with E-state index in [4.69, 9.17) is 19.7 Å². The third-order valence-electron chi connectivity index (χ3n) is 6.17. The predicted octanol–water partition coefficient (Wildman–Crippen LogP) is 6.91. The lowest BCUT2D eigenvalue weighted by atomic mass is 9.97. The van der Waals surface area contributed by atoms with E-state index in [2.05, 4.69) is 17.1 Å². The van der Waals surface area contributed by atoms with E-state index in [1.165, 1.54) is 51.4 Å². The first-order chi connectivity index (χ1) is 16.2. The number of hydrogen-bond acceptors (Lipinski definition) is 5. The second-order valence-electron chi connectivity index (χ2n) is 8.77. The van der Waals surface area contributed by atoms with Crippen molar-refractivity contribution >= 4 is 0 Å². The van der Waals surface area contributed by atoms with Crippen LogP contribution in [0.4, 0.5) is 0 Å². The van der Waals surface area contributed by atoms with Gasteiger partial charge in [-0.25, -0.2) is 5.73 Å². The molecule has 6 heteroatoms. The highest BCUT2D eigenvalue weighted by Gasteiger charge is 2.18. The van der Waals surface area contributed by atoms with Crippen LogP contribution in [0.3, 0.4) is 0 Å². The molecule has 1 aliphatic heterocycles. The molecule has 1 aromatic heterocycles. The monoisotopic (exact) mass is 448 g/mol. The van der Waals surface area contributed by atoms with E-state index >= 15 is 0 Å². The fourth-order valence-corrected chi connectivity index (χ4v) is 4.20. The number of benzene rings is 2. The summed E-state index contributed by atoms with van der Waals surface area (Å²) >= 11 is 0. The minimum Gasteiger partial charge on any atom is -0.454 e. The molecule has 0 spiro atoms. The zero-order chi connectivity index (χ0) is 22.9. The summed E-state index contributed by atoms with van der Waals surface area (Å²) in [4.78, 5) is 4.59. The minimum atomic E-state index is -0.538. The number of nitrogens with zero attached hydrogens (tertiary/aromatic N) is 2. The van der Waals surface area contributed by atoms with Crippen LogP contribution in [0.5, 0.6) is 11.5 Å². The van der Waals surface area contributed by atoms with Crippen molar-refractivity contribution in [2.24, 2.45) is 0 Å². The molecule has 6 nitrogen and oxygen atoms in total. The Kier molecular flexibility index (Phi) is 8.36. The van der Waals surface area contributed by atoms with Gasteiger partial charge in [-0.05, 0) is 41.8 Å². The molecule has 1 radical (unpaired) electrons. The van der Waals surface area contributed by atoms with E-state index in [1.54, 1.807) is 0 Å². The molecule has 2 heterocycles. The Bertz CT molecular complexity index is 1020. The first-order valence-corrected chi connectivity index (χ1v) is 12.3. The van der Waals surface area contributed by atoms with Gasteiger partial charge in [0.2, 0.25) is 6.79 Å². The van der Waals surface area contributed by atoms with Crippen molar-refractivity contribution in [2.75, 3.05) is 6.79 Å². The normalized spacial score (nSPS) is 13.4. The van der Waals surface area contributed by atoms with Crippen molar-refractivity contribution in [3.05, 3.63) is 59.4 Å². The Balaban J connectivity index is 1.28. The average molecular weight is 449 g/mol. The highest BCUT2D eigenvalue weighted by atomic mass is 16.7. The van der Waals surface area contributed by atoms with Crippen LogP contribution in [0.25, 0.3) is 11.5 Å². The summed E-state index contributed by atoms with van der Waals surface area (Å²) in [5.74, 6) is 2.70. The summed E-state index contributed by atoms with van der Waals surface area (Å²) in [6.45, 7) is 2.49. The first-order valence-electron chi connectivity index (χ1n) is 12.3. The van der Waals surface area contributed by atoms with E-state index in [0.29, 0.717) is 11.6 Å². The van der Waals surface area contributed by atoms with Gasteiger partial charge in [-0.1, -0.05) is 81.6 Å². The summed E-state index contributed by atoms with van der Waals surface area (Å²) in [7, 11) is 0. The average Bonchev–Trinajstić information content (AvgIpc) is 3.52. The fourth-order valence-electron chi connectivity index (χ4n) is 4.20. The topological polar surface area (TPSA) is 81.2 Å². The fraction of sp³-hybridized carbons (Fsp3) is 0.481. The molecule has 33 heavy (non-hydrogen) atoms. The number of aromatic nitrogens is 2. The molecule has 1 aliphatic rings. The lowest BCUT2D eigenvalue weighted by molar-refractivity contribution is 0.174. The maximum Gasteiger partial charge on any atom is 0.257 e. The number of unbranched alkanes of at least 4 members (excludes halogenated alkanes) is 8. The summed E-state index contributed by atoms with van der Waals surface area (Å²) in [6, 6.07) is 12.9. The molecule has 1 atom stereocenters. The molecule has 4 rings (SSSR count). The van der Waals surface area contributed by atoms with Gasteiger partial charge in [-0.15, -0.1) is 0 Å².